The number of halogens is 1. The predicted octanol–water partition coefficient (Wildman–Crippen LogP) is 1.75. The van der Waals surface area contributed by atoms with E-state index in [4.69, 9.17) is 9.47 Å². The maximum atomic E-state index is 13.3. The number of hydrogen-bond donors (Lipinski definition) is 0. The molecule has 1 heterocycles. The third-order valence-corrected chi connectivity index (χ3v) is 6.34. The minimum Gasteiger partial charge on any atom is -0.497 e. The highest BCUT2D eigenvalue weighted by Crippen LogP contribution is 2.19. The molecule has 0 unspecified atom stereocenters. The smallest absolute Gasteiger partial charge is 0.260 e. The van der Waals surface area contributed by atoms with Crippen molar-refractivity contribution in [3.8, 4) is 11.5 Å². The van der Waals surface area contributed by atoms with Crippen LogP contribution < -0.4 is 9.47 Å². The lowest BCUT2D eigenvalue weighted by Gasteiger charge is -2.34. The van der Waals surface area contributed by atoms with Gasteiger partial charge in [0.15, 0.2) is 6.61 Å². The zero-order valence-electron chi connectivity index (χ0n) is 15.4. The Hall–Kier alpha value is -2.65. The number of amides is 1. The third-order valence-electron chi connectivity index (χ3n) is 4.45. The second-order valence-electron chi connectivity index (χ2n) is 6.21. The summed E-state index contributed by atoms with van der Waals surface area (Å²) in [4.78, 5) is 13.8. The summed E-state index contributed by atoms with van der Waals surface area (Å²) in [7, 11) is -2.22. The lowest BCUT2D eigenvalue weighted by atomic mass is 10.3. The summed E-state index contributed by atoms with van der Waals surface area (Å²) in [6.45, 7) is 0.655. The largest absolute Gasteiger partial charge is 0.497 e. The number of benzene rings is 2. The first-order valence-corrected chi connectivity index (χ1v) is 10.1. The van der Waals surface area contributed by atoms with Gasteiger partial charge in [0.1, 0.15) is 17.3 Å². The van der Waals surface area contributed by atoms with Crippen LogP contribution >= 0.6 is 0 Å². The van der Waals surface area contributed by atoms with Gasteiger partial charge in [0, 0.05) is 26.2 Å². The highest BCUT2D eigenvalue weighted by molar-refractivity contribution is 7.89. The van der Waals surface area contributed by atoms with E-state index >= 15 is 0 Å². The average Bonchev–Trinajstić information content (AvgIpc) is 2.72. The molecule has 0 saturated carbocycles. The quantitative estimate of drug-likeness (QED) is 0.728. The van der Waals surface area contributed by atoms with Gasteiger partial charge in [-0.15, -0.1) is 0 Å². The second-order valence-corrected chi connectivity index (χ2v) is 8.14. The first kappa shape index (κ1) is 20.1. The highest BCUT2D eigenvalue weighted by Gasteiger charge is 2.30. The van der Waals surface area contributed by atoms with Crippen molar-refractivity contribution >= 4 is 15.9 Å². The molecule has 0 spiro atoms. The molecule has 2 aromatic rings. The van der Waals surface area contributed by atoms with Crippen molar-refractivity contribution in [2.45, 2.75) is 4.90 Å². The van der Waals surface area contributed by atoms with E-state index in [1.54, 1.807) is 36.3 Å². The van der Waals surface area contributed by atoms with Gasteiger partial charge in [0.2, 0.25) is 10.0 Å². The van der Waals surface area contributed by atoms with Crippen molar-refractivity contribution in [3.05, 3.63) is 54.3 Å². The SMILES string of the molecule is COc1ccc(OCC(=O)N2CCN(S(=O)(=O)c3cccc(F)c3)CC2)cc1. The van der Waals surface area contributed by atoms with Gasteiger partial charge in [0.05, 0.1) is 12.0 Å². The van der Waals surface area contributed by atoms with Crippen LogP contribution in [0.25, 0.3) is 0 Å². The van der Waals surface area contributed by atoms with Gasteiger partial charge in [-0.25, -0.2) is 12.8 Å². The number of carbonyl (C=O) groups excluding carboxylic acids is 1. The Morgan fingerprint density at radius 1 is 1.04 bits per heavy atom. The minimum absolute atomic E-state index is 0.0879. The van der Waals surface area contributed by atoms with E-state index in [-0.39, 0.29) is 43.6 Å². The van der Waals surface area contributed by atoms with Crippen molar-refractivity contribution in [2.75, 3.05) is 39.9 Å². The van der Waals surface area contributed by atoms with Crippen LogP contribution in [0.3, 0.4) is 0 Å². The molecule has 0 bridgehead atoms. The molecule has 7 nitrogen and oxygen atoms in total. The van der Waals surface area contributed by atoms with E-state index < -0.39 is 15.8 Å². The number of rotatable bonds is 6. The zero-order valence-corrected chi connectivity index (χ0v) is 16.2. The molecule has 0 aromatic heterocycles. The normalized spacial score (nSPS) is 15.3. The van der Waals surface area contributed by atoms with E-state index in [1.165, 1.54) is 22.5 Å². The van der Waals surface area contributed by atoms with Crippen molar-refractivity contribution < 1.29 is 27.1 Å². The standard InChI is InChI=1S/C19H21FN2O5S/c1-26-16-5-7-17(8-6-16)27-14-19(23)21-9-11-22(12-10-21)28(24,25)18-4-2-3-15(20)13-18/h2-8,13H,9-12,14H2,1H3. The lowest BCUT2D eigenvalue weighted by molar-refractivity contribution is -0.134. The number of nitrogens with zero attached hydrogens (tertiary/aromatic N) is 2. The summed E-state index contributed by atoms with van der Waals surface area (Å²) >= 11 is 0. The number of ether oxygens (including phenoxy) is 2. The summed E-state index contributed by atoms with van der Waals surface area (Å²) in [6, 6.07) is 11.8. The molecule has 150 valence electrons. The first-order chi connectivity index (χ1) is 13.4. The summed E-state index contributed by atoms with van der Waals surface area (Å²) < 4.78 is 50.3. The Kier molecular flexibility index (Phi) is 6.15. The monoisotopic (exact) mass is 408 g/mol. The topological polar surface area (TPSA) is 76.2 Å². The molecule has 0 radical (unpaired) electrons. The fourth-order valence-electron chi connectivity index (χ4n) is 2.86. The van der Waals surface area contributed by atoms with Gasteiger partial charge in [-0.05, 0) is 42.5 Å². The van der Waals surface area contributed by atoms with Crippen LogP contribution in [0.2, 0.25) is 0 Å². The van der Waals surface area contributed by atoms with Gasteiger partial charge >= 0.3 is 0 Å². The van der Waals surface area contributed by atoms with Crippen LogP contribution in [0.15, 0.2) is 53.4 Å². The third kappa shape index (κ3) is 4.60. The number of piperazine rings is 1. The minimum atomic E-state index is -3.78. The van der Waals surface area contributed by atoms with Gasteiger partial charge < -0.3 is 14.4 Å². The van der Waals surface area contributed by atoms with Crippen molar-refractivity contribution in [1.82, 2.24) is 9.21 Å². The van der Waals surface area contributed by atoms with Crippen LogP contribution in [-0.2, 0) is 14.8 Å². The Morgan fingerprint density at radius 3 is 2.29 bits per heavy atom. The predicted molar refractivity (Wildman–Crippen MR) is 100 cm³/mol. The van der Waals surface area contributed by atoms with Crippen LogP contribution in [-0.4, -0.2) is 63.4 Å². The van der Waals surface area contributed by atoms with Gasteiger partial charge in [-0.2, -0.15) is 4.31 Å². The molecule has 1 aliphatic heterocycles. The molecule has 2 aromatic carbocycles. The molecular formula is C19H21FN2O5S. The Morgan fingerprint density at radius 2 is 1.68 bits per heavy atom. The van der Waals surface area contributed by atoms with Crippen molar-refractivity contribution in [2.24, 2.45) is 0 Å². The van der Waals surface area contributed by atoms with Crippen LogP contribution in [0.1, 0.15) is 0 Å². The van der Waals surface area contributed by atoms with E-state index in [1.807, 2.05) is 0 Å². The van der Waals surface area contributed by atoms with Crippen molar-refractivity contribution in [3.63, 3.8) is 0 Å². The number of methoxy groups -OCH3 is 1. The summed E-state index contributed by atoms with van der Waals surface area (Å²) in [5.74, 6) is 0.403. The summed E-state index contributed by atoms with van der Waals surface area (Å²) in [5.41, 5.74) is 0. The van der Waals surface area contributed by atoms with Gasteiger partial charge in [-0.3, -0.25) is 4.79 Å². The molecular weight excluding hydrogens is 387 g/mol. The number of hydrogen-bond acceptors (Lipinski definition) is 5. The van der Waals surface area contributed by atoms with Crippen LogP contribution in [0, 0.1) is 5.82 Å². The van der Waals surface area contributed by atoms with Crippen LogP contribution in [0.4, 0.5) is 4.39 Å². The Balaban J connectivity index is 1.53. The first-order valence-electron chi connectivity index (χ1n) is 8.70. The Bertz CT molecular complexity index is 926. The summed E-state index contributed by atoms with van der Waals surface area (Å²) in [5, 5.41) is 0. The molecule has 9 heteroatoms. The molecule has 0 N–H and O–H groups in total. The van der Waals surface area contributed by atoms with Gasteiger partial charge in [-0.1, -0.05) is 6.07 Å². The fraction of sp³-hybridized carbons (Fsp3) is 0.316. The molecule has 1 amide bonds. The molecule has 28 heavy (non-hydrogen) atoms. The maximum Gasteiger partial charge on any atom is 0.260 e. The number of sulfonamides is 1. The van der Waals surface area contributed by atoms with E-state index in [0.29, 0.717) is 11.5 Å². The molecule has 1 fully saturated rings. The van der Waals surface area contributed by atoms with E-state index in [9.17, 15) is 17.6 Å². The molecule has 0 aliphatic carbocycles. The summed E-state index contributed by atoms with van der Waals surface area (Å²) in [6.07, 6.45) is 0. The average molecular weight is 408 g/mol. The highest BCUT2D eigenvalue weighted by atomic mass is 32.2. The molecule has 3 rings (SSSR count). The van der Waals surface area contributed by atoms with Gasteiger partial charge in [0.25, 0.3) is 5.91 Å². The molecule has 1 aliphatic rings. The van der Waals surface area contributed by atoms with E-state index in [0.717, 1.165) is 6.07 Å². The molecule has 0 atom stereocenters. The lowest BCUT2D eigenvalue weighted by Crippen LogP contribution is -2.51. The van der Waals surface area contributed by atoms with Crippen molar-refractivity contribution in [1.29, 1.82) is 0 Å². The van der Waals surface area contributed by atoms with E-state index in [2.05, 4.69) is 0 Å². The molecule has 1 saturated heterocycles. The fourth-order valence-corrected chi connectivity index (χ4v) is 4.32. The Labute approximate surface area is 163 Å². The van der Waals surface area contributed by atoms with Crippen LogP contribution in [0.5, 0.6) is 11.5 Å². The zero-order chi connectivity index (χ0) is 20.1. The maximum absolute atomic E-state index is 13.3. The second kappa shape index (κ2) is 8.57. The number of carbonyl (C=O) groups is 1.